The smallest absolute Gasteiger partial charge is 0.246 e. The van der Waals surface area contributed by atoms with Crippen molar-refractivity contribution in [3.63, 3.8) is 0 Å². The van der Waals surface area contributed by atoms with Crippen molar-refractivity contribution in [2.24, 2.45) is 0 Å². The Balaban J connectivity index is 1.35. The van der Waals surface area contributed by atoms with E-state index in [1.807, 2.05) is 11.0 Å². The molecule has 0 spiro atoms. The second-order valence-electron chi connectivity index (χ2n) is 9.45. The minimum Gasteiger partial charge on any atom is -0.342 e. The van der Waals surface area contributed by atoms with E-state index in [1.54, 1.807) is 6.08 Å². The van der Waals surface area contributed by atoms with Crippen molar-refractivity contribution in [3.8, 4) is 0 Å². The number of rotatable bonds is 3. The summed E-state index contributed by atoms with van der Waals surface area (Å²) in [7, 11) is 0. The summed E-state index contributed by atoms with van der Waals surface area (Å²) in [5.74, 6) is 1.53. The van der Waals surface area contributed by atoms with Gasteiger partial charge in [-0.3, -0.25) is 4.79 Å². The van der Waals surface area contributed by atoms with Gasteiger partial charge in [-0.1, -0.05) is 51.1 Å². The van der Waals surface area contributed by atoms with Gasteiger partial charge in [0, 0.05) is 25.1 Å². The number of aromatic nitrogens is 2. The lowest BCUT2D eigenvalue weighted by Crippen LogP contribution is -2.37. The van der Waals surface area contributed by atoms with Gasteiger partial charge in [-0.05, 0) is 60.1 Å². The van der Waals surface area contributed by atoms with Gasteiger partial charge in [-0.2, -0.15) is 0 Å². The number of H-pyrrole nitrogens is 1. The first-order chi connectivity index (χ1) is 14.3. The molecule has 0 radical (unpaired) electrons. The third kappa shape index (κ3) is 4.48. The van der Waals surface area contributed by atoms with Gasteiger partial charge in [0.2, 0.25) is 5.91 Å². The third-order valence-electron chi connectivity index (χ3n) is 6.04. The Hall–Kier alpha value is -2.88. The molecule has 0 aliphatic carbocycles. The molecule has 4 heteroatoms. The molecule has 0 atom stereocenters. The van der Waals surface area contributed by atoms with E-state index in [0.29, 0.717) is 5.92 Å². The summed E-state index contributed by atoms with van der Waals surface area (Å²) in [6, 6.07) is 14.8. The molecule has 4 nitrogen and oxygen atoms in total. The molecule has 1 amide bonds. The molecule has 156 valence electrons. The summed E-state index contributed by atoms with van der Waals surface area (Å²) in [4.78, 5) is 22.8. The molecular formula is C26H31N3O. The molecule has 2 heterocycles. The van der Waals surface area contributed by atoms with Crippen LogP contribution in [0.3, 0.4) is 0 Å². The van der Waals surface area contributed by atoms with Crippen molar-refractivity contribution in [1.82, 2.24) is 14.9 Å². The molecule has 30 heavy (non-hydrogen) atoms. The van der Waals surface area contributed by atoms with Crippen LogP contribution in [0.1, 0.15) is 62.0 Å². The van der Waals surface area contributed by atoms with Crippen LogP contribution in [0.2, 0.25) is 0 Å². The second kappa shape index (κ2) is 8.10. The van der Waals surface area contributed by atoms with Crippen LogP contribution in [0.25, 0.3) is 17.1 Å². The Bertz CT molecular complexity index is 1060. The summed E-state index contributed by atoms with van der Waals surface area (Å²) in [5.41, 5.74) is 5.86. The number of nitrogens with zero attached hydrogens (tertiary/aromatic N) is 2. The molecule has 0 bridgehead atoms. The molecule has 1 aliphatic heterocycles. The van der Waals surface area contributed by atoms with Gasteiger partial charge in [0.05, 0.1) is 11.0 Å². The van der Waals surface area contributed by atoms with Gasteiger partial charge >= 0.3 is 0 Å². The highest BCUT2D eigenvalue weighted by molar-refractivity contribution is 5.91. The zero-order valence-electron chi connectivity index (χ0n) is 18.4. The van der Waals surface area contributed by atoms with E-state index in [2.05, 4.69) is 75.1 Å². The second-order valence-corrected chi connectivity index (χ2v) is 9.45. The van der Waals surface area contributed by atoms with Crippen LogP contribution in [-0.4, -0.2) is 33.9 Å². The number of aromatic amines is 1. The molecule has 0 unspecified atom stereocenters. The van der Waals surface area contributed by atoms with Crippen molar-refractivity contribution in [2.75, 3.05) is 13.1 Å². The van der Waals surface area contributed by atoms with Crippen LogP contribution in [-0.2, 0) is 10.2 Å². The Kier molecular flexibility index (Phi) is 5.50. The predicted molar refractivity (Wildman–Crippen MR) is 124 cm³/mol. The molecule has 3 aromatic rings. The molecule has 1 aliphatic rings. The summed E-state index contributed by atoms with van der Waals surface area (Å²) in [6.45, 7) is 10.3. The van der Waals surface area contributed by atoms with E-state index in [4.69, 9.17) is 4.98 Å². The number of likely N-dealkylation sites (tertiary alicyclic amines) is 1. The van der Waals surface area contributed by atoms with Gasteiger partial charge < -0.3 is 9.88 Å². The number of piperidine rings is 1. The average Bonchev–Trinajstić information content (AvgIpc) is 3.15. The number of fused-ring (bicyclic) bond motifs is 1. The largest absolute Gasteiger partial charge is 0.342 e. The van der Waals surface area contributed by atoms with E-state index >= 15 is 0 Å². The average molecular weight is 402 g/mol. The number of carbonyl (C=O) groups excluding carboxylic acids is 1. The van der Waals surface area contributed by atoms with Gasteiger partial charge in [-0.15, -0.1) is 0 Å². The van der Waals surface area contributed by atoms with Crippen LogP contribution in [0.15, 0.2) is 48.5 Å². The molecule has 1 aromatic heterocycles. The lowest BCUT2D eigenvalue weighted by molar-refractivity contribution is -0.127. The highest BCUT2D eigenvalue weighted by Gasteiger charge is 2.25. The van der Waals surface area contributed by atoms with Crippen LogP contribution in [0.5, 0.6) is 0 Å². The zero-order valence-corrected chi connectivity index (χ0v) is 18.4. The molecule has 1 fully saturated rings. The maximum Gasteiger partial charge on any atom is 0.246 e. The fourth-order valence-corrected chi connectivity index (χ4v) is 4.08. The quantitative estimate of drug-likeness (QED) is 0.582. The van der Waals surface area contributed by atoms with E-state index in [-0.39, 0.29) is 11.3 Å². The molecule has 4 rings (SSSR count). The summed E-state index contributed by atoms with van der Waals surface area (Å²) in [5, 5.41) is 0. The fraction of sp³-hybridized carbons (Fsp3) is 0.385. The van der Waals surface area contributed by atoms with E-state index in [0.717, 1.165) is 48.4 Å². The standard InChI is InChI=1S/C26H31N3O/c1-18-5-11-22-23(17-18)28-25(27-22)20-13-15-29(16-14-20)24(30)12-8-19-6-9-21(10-7-19)26(2,3)4/h5-12,17,20H,13-16H2,1-4H3,(H,27,28)/b12-8+. The number of carbonyl (C=O) groups is 1. The van der Waals surface area contributed by atoms with Crippen molar-refractivity contribution >= 4 is 23.0 Å². The van der Waals surface area contributed by atoms with Crippen LogP contribution >= 0.6 is 0 Å². The Morgan fingerprint density at radius 3 is 2.47 bits per heavy atom. The van der Waals surface area contributed by atoms with Gasteiger partial charge in [0.25, 0.3) is 0 Å². The minimum absolute atomic E-state index is 0.0913. The third-order valence-corrected chi connectivity index (χ3v) is 6.04. The lowest BCUT2D eigenvalue weighted by atomic mass is 9.87. The Morgan fingerprint density at radius 2 is 1.80 bits per heavy atom. The number of imidazole rings is 1. The van der Waals surface area contributed by atoms with E-state index in [1.165, 1.54) is 11.1 Å². The predicted octanol–water partition coefficient (Wildman–Crippen LogP) is 5.59. The summed E-state index contributed by atoms with van der Waals surface area (Å²) < 4.78 is 0. The number of benzene rings is 2. The van der Waals surface area contributed by atoms with E-state index < -0.39 is 0 Å². The van der Waals surface area contributed by atoms with Crippen molar-refractivity contribution < 1.29 is 4.79 Å². The first kappa shape index (κ1) is 20.4. The number of amides is 1. The van der Waals surface area contributed by atoms with Crippen LogP contribution < -0.4 is 0 Å². The molecule has 0 saturated carbocycles. The zero-order chi connectivity index (χ0) is 21.3. The SMILES string of the molecule is Cc1ccc2nc(C3CCN(C(=O)/C=C/c4ccc(C(C)(C)C)cc4)CC3)[nH]c2c1. The number of aryl methyl sites for hydroxylation is 1. The highest BCUT2D eigenvalue weighted by atomic mass is 16.2. The number of hydrogen-bond donors (Lipinski definition) is 1. The maximum absolute atomic E-state index is 12.6. The number of hydrogen-bond acceptors (Lipinski definition) is 2. The van der Waals surface area contributed by atoms with Crippen LogP contribution in [0.4, 0.5) is 0 Å². The number of nitrogens with one attached hydrogen (secondary N) is 1. The maximum atomic E-state index is 12.6. The molecule has 1 saturated heterocycles. The molecule has 2 aromatic carbocycles. The van der Waals surface area contributed by atoms with Crippen molar-refractivity contribution in [3.05, 3.63) is 71.1 Å². The normalized spacial score (nSPS) is 15.9. The highest BCUT2D eigenvalue weighted by Crippen LogP contribution is 2.28. The van der Waals surface area contributed by atoms with Crippen LogP contribution in [0, 0.1) is 6.92 Å². The van der Waals surface area contributed by atoms with Crippen molar-refractivity contribution in [2.45, 2.75) is 51.9 Å². The Morgan fingerprint density at radius 1 is 1.10 bits per heavy atom. The molecule has 1 N–H and O–H groups in total. The molecular weight excluding hydrogens is 370 g/mol. The van der Waals surface area contributed by atoms with E-state index in [9.17, 15) is 4.79 Å². The lowest BCUT2D eigenvalue weighted by Gasteiger charge is -2.30. The fourth-order valence-electron chi connectivity index (χ4n) is 4.08. The topological polar surface area (TPSA) is 49.0 Å². The monoisotopic (exact) mass is 401 g/mol. The van der Waals surface area contributed by atoms with Crippen molar-refractivity contribution in [1.29, 1.82) is 0 Å². The van der Waals surface area contributed by atoms with Gasteiger partial charge in [-0.25, -0.2) is 4.98 Å². The summed E-state index contributed by atoms with van der Waals surface area (Å²) >= 11 is 0. The first-order valence-corrected chi connectivity index (χ1v) is 10.8. The first-order valence-electron chi connectivity index (χ1n) is 10.8. The Labute approximate surface area is 179 Å². The van der Waals surface area contributed by atoms with Gasteiger partial charge in [0.1, 0.15) is 5.82 Å². The summed E-state index contributed by atoms with van der Waals surface area (Å²) in [6.07, 6.45) is 5.51. The minimum atomic E-state index is 0.0913. The van der Waals surface area contributed by atoms with Gasteiger partial charge in [0.15, 0.2) is 0 Å².